The number of amides is 2. The Morgan fingerprint density at radius 2 is 2.17 bits per heavy atom. The number of nitrogens with zero attached hydrogens (tertiary/aromatic N) is 1. The maximum absolute atomic E-state index is 13.2. The molecule has 0 spiro atoms. The molecule has 1 aliphatic carbocycles. The number of hydrogen-bond acceptors (Lipinski definition) is 2. The number of carbonyl (C=O) groups is 2. The van der Waals surface area contributed by atoms with Crippen molar-refractivity contribution in [3.8, 4) is 0 Å². The van der Waals surface area contributed by atoms with Gasteiger partial charge in [0.05, 0.1) is 6.04 Å². The second-order valence-corrected chi connectivity index (χ2v) is 5.53. The van der Waals surface area contributed by atoms with Crippen LogP contribution in [0.2, 0.25) is 0 Å². The van der Waals surface area contributed by atoms with Crippen LogP contribution in [0, 0.1) is 5.82 Å². The van der Waals surface area contributed by atoms with Gasteiger partial charge in [0.1, 0.15) is 11.5 Å². The van der Waals surface area contributed by atoms with Crippen LogP contribution in [0.5, 0.6) is 0 Å². The van der Waals surface area contributed by atoms with E-state index in [1.165, 1.54) is 18.2 Å². The lowest BCUT2D eigenvalue weighted by Crippen LogP contribution is -2.24. The van der Waals surface area contributed by atoms with Crippen LogP contribution in [0.1, 0.15) is 34.1 Å². The Kier molecular flexibility index (Phi) is 3.77. The first kappa shape index (κ1) is 15.1. The average molecular weight is 317 g/mol. The standard InChI is InChI=1S/C16H16FN3O3/c1-20-8-12-11(5-6-13(12)19-16(22)23)14(20)15(21)18-10-4-2-3-9(17)7-10/h2-4,7-8,13,19H,5-6H2,1H3,(H,18,21)(H,22,23). The van der Waals surface area contributed by atoms with Gasteiger partial charge in [-0.3, -0.25) is 4.79 Å². The molecular formula is C16H16FN3O3. The molecular weight excluding hydrogens is 301 g/mol. The number of rotatable bonds is 3. The van der Waals surface area contributed by atoms with E-state index in [-0.39, 0.29) is 11.9 Å². The highest BCUT2D eigenvalue weighted by molar-refractivity contribution is 6.04. The molecule has 0 saturated heterocycles. The molecule has 1 aromatic carbocycles. The van der Waals surface area contributed by atoms with Crippen molar-refractivity contribution in [2.75, 3.05) is 5.32 Å². The van der Waals surface area contributed by atoms with E-state index in [1.807, 2.05) is 0 Å². The Hall–Kier alpha value is -2.83. The highest BCUT2D eigenvalue weighted by atomic mass is 19.1. The van der Waals surface area contributed by atoms with Crippen molar-refractivity contribution >= 4 is 17.7 Å². The molecule has 7 heteroatoms. The molecule has 2 amide bonds. The molecule has 3 N–H and O–H groups in total. The summed E-state index contributed by atoms with van der Waals surface area (Å²) in [6.45, 7) is 0. The summed E-state index contributed by atoms with van der Waals surface area (Å²) in [7, 11) is 1.73. The fourth-order valence-electron chi connectivity index (χ4n) is 3.06. The third-order valence-electron chi connectivity index (χ3n) is 3.97. The summed E-state index contributed by atoms with van der Waals surface area (Å²) in [6.07, 6.45) is 1.92. The highest BCUT2D eigenvalue weighted by Crippen LogP contribution is 2.34. The first-order valence-corrected chi connectivity index (χ1v) is 7.20. The normalized spacial score (nSPS) is 16.0. The molecule has 0 saturated carbocycles. The number of fused-ring (bicyclic) bond motifs is 1. The first-order chi connectivity index (χ1) is 11.0. The zero-order chi connectivity index (χ0) is 16.6. The smallest absolute Gasteiger partial charge is 0.405 e. The van der Waals surface area contributed by atoms with Crippen LogP contribution in [-0.2, 0) is 13.5 Å². The maximum atomic E-state index is 13.2. The Bertz CT molecular complexity index is 785. The third-order valence-corrected chi connectivity index (χ3v) is 3.97. The molecule has 1 aromatic heterocycles. The summed E-state index contributed by atoms with van der Waals surface area (Å²) in [5.74, 6) is -0.763. The number of aromatic nitrogens is 1. The summed E-state index contributed by atoms with van der Waals surface area (Å²) in [4.78, 5) is 23.3. The van der Waals surface area contributed by atoms with E-state index in [0.717, 1.165) is 11.1 Å². The molecule has 2 aromatic rings. The average Bonchev–Trinajstić information content (AvgIpc) is 2.97. The van der Waals surface area contributed by atoms with Gasteiger partial charge in [0.25, 0.3) is 5.91 Å². The second kappa shape index (κ2) is 5.75. The minimum Gasteiger partial charge on any atom is -0.465 e. The first-order valence-electron chi connectivity index (χ1n) is 7.20. The van der Waals surface area contributed by atoms with E-state index >= 15 is 0 Å². The monoisotopic (exact) mass is 317 g/mol. The number of anilines is 1. The van der Waals surface area contributed by atoms with E-state index in [9.17, 15) is 14.0 Å². The summed E-state index contributed by atoms with van der Waals surface area (Å²) in [5, 5.41) is 14.0. The summed E-state index contributed by atoms with van der Waals surface area (Å²) in [6, 6.07) is 5.38. The molecule has 1 unspecified atom stereocenters. The van der Waals surface area contributed by atoms with Crippen molar-refractivity contribution in [1.82, 2.24) is 9.88 Å². The van der Waals surface area contributed by atoms with Crippen molar-refractivity contribution in [3.05, 3.63) is 53.1 Å². The largest absolute Gasteiger partial charge is 0.465 e. The molecule has 6 nitrogen and oxygen atoms in total. The zero-order valence-corrected chi connectivity index (χ0v) is 12.5. The van der Waals surface area contributed by atoms with Gasteiger partial charge in [-0.25, -0.2) is 9.18 Å². The fraction of sp³-hybridized carbons (Fsp3) is 0.250. The fourth-order valence-corrected chi connectivity index (χ4v) is 3.06. The molecule has 23 heavy (non-hydrogen) atoms. The maximum Gasteiger partial charge on any atom is 0.405 e. The van der Waals surface area contributed by atoms with Gasteiger partial charge in [-0.15, -0.1) is 0 Å². The van der Waals surface area contributed by atoms with Gasteiger partial charge in [-0.05, 0) is 42.2 Å². The number of nitrogens with one attached hydrogen (secondary N) is 2. The van der Waals surface area contributed by atoms with Crippen molar-refractivity contribution in [2.45, 2.75) is 18.9 Å². The molecule has 1 aliphatic rings. The lowest BCUT2D eigenvalue weighted by molar-refractivity contribution is 0.101. The van der Waals surface area contributed by atoms with Crippen molar-refractivity contribution in [3.63, 3.8) is 0 Å². The molecule has 0 radical (unpaired) electrons. The number of halogens is 1. The van der Waals surface area contributed by atoms with E-state index < -0.39 is 11.9 Å². The molecule has 0 fully saturated rings. The Balaban J connectivity index is 1.86. The Morgan fingerprint density at radius 3 is 2.87 bits per heavy atom. The van der Waals surface area contributed by atoms with Gasteiger partial charge in [0.2, 0.25) is 0 Å². The predicted molar refractivity (Wildman–Crippen MR) is 82.0 cm³/mol. The molecule has 1 atom stereocenters. The van der Waals surface area contributed by atoms with E-state index in [2.05, 4.69) is 10.6 Å². The molecule has 120 valence electrons. The van der Waals surface area contributed by atoms with Gasteiger partial charge in [0, 0.05) is 18.9 Å². The van der Waals surface area contributed by atoms with Crippen LogP contribution in [0.4, 0.5) is 14.9 Å². The predicted octanol–water partition coefficient (Wildman–Crippen LogP) is 2.67. The molecule has 0 aliphatic heterocycles. The summed E-state index contributed by atoms with van der Waals surface area (Å²) in [5.41, 5.74) is 2.50. The van der Waals surface area contributed by atoms with Gasteiger partial charge < -0.3 is 20.3 Å². The zero-order valence-electron chi connectivity index (χ0n) is 12.5. The number of benzene rings is 1. The van der Waals surface area contributed by atoms with Crippen LogP contribution in [0.25, 0.3) is 0 Å². The Morgan fingerprint density at radius 1 is 1.39 bits per heavy atom. The van der Waals surface area contributed by atoms with Crippen LogP contribution < -0.4 is 10.6 Å². The van der Waals surface area contributed by atoms with Crippen molar-refractivity contribution < 1.29 is 19.1 Å². The van der Waals surface area contributed by atoms with Crippen LogP contribution >= 0.6 is 0 Å². The van der Waals surface area contributed by atoms with Crippen molar-refractivity contribution in [1.29, 1.82) is 0 Å². The quantitative estimate of drug-likeness (QED) is 0.814. The van der Waals surface area contributed by atoms with Crippen LogP contribution in [0.15, 0.2) is 30.5 Å². The second-order valence-electron chi connectivity index (χ2n) is 5.53. The molecule has 3 rings (SSSR count). The van der Waals surface area contributed by atoms with Crippen molar-refractivity contribution in [2.24, 2.45) is 7.05 Å². The minimum atomic E-state index is -1.09. The number of carboxylic acid groups (broad SMARTS) is 1. The molecule has 1 heterocycles. The van der Waals surface area contributed by atoms with Gasteiger partial charge in [-0.1, -0.05) is 6.07 Å². The van der Waals surface area contributed by atoms with Gasteiger partial charge in [-0.2, -0.15) is 0 Å². The SMILES string of the molecule is Cn1cc2c(c1C(=O)Nc1cccc(F)c1)CCC2NC(=O)O. The van der Waals surface area contributed by atoms with Gasteiger partial charge in [0.15, 0.2) is 0 Å². The topological polar surface area (TPSA) is 83.4 Å². The van der Waals surface area contributed by atoms with E-state index in [0.29, 0.717) is 24.2 Å². The van der Waals surface area contributed by atoms with E-state index in [4.69, 9.17) is 5.11 Å². The van der Waals surface area contributed by atoms with Gasteiger partial charge >= 0.3 is 6.09 Å². The third kappa shape index (κ3) is 2.90. The summed E-state index contributed by atoms with van der Waals surface area (Å²) >= 11 is 0. The highest BCUT2D eigenvalue weighted by Gasteiger charge is 2.31. The van der Waals surface area contributed by atoms with Crippen LogP contribution in [-0.4, -0.2) is 21.7 Å². The number of carbonyl (C=O) groups excluding carboxylic acids is 1. The lowest BCUT2D eigenvalue weighted by Gasteiger charge is -2.09. The van der Waals surface area contributed by atoms with E-state index in [1.54, 1.807) is 23.9 Å². The number of aryl methyl sites for hydroxylation is 1. The van der Waals surface area contributed by atoms with Crippen LogP contribution in [0.3, 0.4) is 0 Å². The minimum absolute atomic E-state index is 0.301. The number of hydrogen-bond donors (Lipinski definition) is 3. The Labute approximate surface area is 131 Å². The lowest BCUT2D eigenvalue weighted by atomic mass is 10.1. The summed E-state index contributed by atoms with van der Waals surface area (Å²) < 4.78 is 14.9. The molecule has 0 bridgehead atoms.